The number of ether oxygens (including phenoxy) is 1. The van der Waals surface area contributed by atoms with Crippen molar-refractivity contribution < 1.29 is 23.8 Å². The van der Waals surface area contributed by atoms with Crippen LogP contribution in [0.15, 0.2) is 41.5 Å². The summed E-state index contributed by atoms with van der Waals surface area (Å²) in [5.74, 6) is -2.28. The van der Waals surface area contributed by atoms with Crippen molar-refractivity contribution in [1.29, 1.82) is 0 Å². The van der Waals surface area contributed by atoms with E-state index in [0.29, 0.717) is 5.56 Å². The van der Waals surface area contributed by atoms with Crippen LogP contribution in [0.2, 0.25) is 0 Å². The van der Waals surface area contributed by atoms with E-state index in [0.717, 1.165) is 0 Å². The number of methoxy groups -OCH3 is 1. The Morgan fingerprint density at radius 1 is 1.31 bits per heavy atom. The molecule has 2 N–H and O–H groups in total. The molecule has 134 valence electrons. The molecule has 0 bridgehead atoms. The van der Waals surface area contributed by atoms with Crippen LogP contribution in [-0.4, -0.2) is 38.9 Å². The lowest BCUT2D eigenvalue weighted by atomic mass is 10.0. The molecule has 0 unspecified atom stereocenters. The normalized spacial score (nSPS) is 12.1. The minimum absolute atomic E-state index is 0.0147. The quantitative estimate of drug-likeness (QED) is 0.670. The van der Waals surface area contributed by atoms with E-state index >= 15 is 0 Å². The van der Waals surface area contributed by atoms with Gasteiger partial charge in [-0.3, -0.25) is 9.59 Å². The Morgan fingerprint density at radius 2 is 2.00 bits per heavy atom. The number of aromatic nitrogens is 3. The van der Waals surface area contributed by atoms with Crippen LogP contribution >= 0.6 is 0 Å². The number of esters is 1. The predicted octanol–water partition coefficient (Wildman–Crippen LogP) is 1.67. The number of rotatable bonds is 5. The summed E-state index contributed by atoms with van der Waals surface area (Å²) in [5, 5.41) is 15.3. The summed E-state index contributed by atoms with van der Waals surface area (Å²) in [7, 11) is 1.19. The number of halogens is 1. The number of carboxylic acid groups (broad SMARTS) is 1. The van der Waals surface area contributed by atoms with E-state index in [4.69, 9.17) is 4.74 Å². The van der Waals surface area contributed by atoms with Gasteiger partial charge in [0.1, 0.15) is 17.1 Å². The van der Waals surface area contributed by atoms with Gasteiger partial charge >= 0.3 is 11.9 Å². The van der Waals surface area contributed by atoms with Crippen LogP contribution in [0.1, 0.15) is 28.4 Å². The molecule has 0 saturated carbocycles. The number of benzene rings is 1. The molecule has 0 spiro atoms. The van der Waals surface area contributed by atoms with Crippen LogP contribution in [0.5, 0.6) is 0 Å². The molecule has 0 radical (unpaired) electrons. The van der Waals surface area contributed by atoms with E-state index in [1.165, 1.54) is 48.3 Å². The Labute approximate surface area is 146 Å². The second-order valence-corrected chi connectivity index (χ2v) is 5.59. The maximum Gasteiger partial charge on any atom is 0.341 e. The number of carbonyl (C=O) groups excluding carboxylic acids is 1. The molecule has 0 aliphatic carbocycles. The standard InChI is InChI=1S/C17H14FN3O5/c1-26-17(25)12-8-21(7-11-15(12)19-20-16(11)24)13(6-14(22)23)9-2-4-10(18)5-3-9/h2-5,7-8,13H,6H2,1H3,(H,20,24)(H,22,23)/t13-/m0/s1. The molecule has 0 amide bonds. The number of nitrogens with zero attached hydrogens (tertiary/aromatic N) is 2. The summed E-state index contributed by atoms with van der Waals surface area (Å²) < 4.78 is 19.4. The van der Waals surface area contributed by atoms with Gasteiger partial charge in [-0.05, 0) is 17.7 Å². The molecule has 2 aliphatic heterocycles. The molecule has 0 saturated heterocycles. The summed E-state index contributed by atoms with van der Waals surface area (Å²) in [4.78, 5) is 35.3. The zero-order valence-corrected chi connectivity index (χ0v) is 13.6. The average molecular weight is 359 g/mol. The van der Waals surface area contributed by atoms with Gasteiger partial charge in [-0.2, -0.15) is 5.10 Å². The molecule has 8 nitrogen and oxygen atoms in total. The molecular formula is C17H14FN3O5. The van der Waals surface area contributed by atoms with Gasteiger partial charge in [0, 0.05) is 12.4 Å². The van der Waals surface area contributed by atoms with Crippen LogP contribution in [0.4, 0.5) is 4.39 Å². The highest BCUT2D eigenvalue weighted by atomic mass is 19.1. The van der Waals surface area contributed by atoms with Gasteiger partial charge in [-0.1, -0.05) is 12.1 Å². The summed E-state index contributed by atoms with van der Waals surface area (Å²) in [5.41, 5.74) is 0.245. The first kappa shape index (κ1) is 17.3. The van der Waals surface area contributed by atoms with Crippen LogP contribution < -0.4 is 5.56 Å². The fourth-order valence-electron chi connectivity index (χ4n) is 2.74. The highest BCUT2D eigenvalue weighted by Gasteiger charge is 2.25. The highest BCUT2D eigenvalue weighted by molar-refractivity contribution is 5.96. The lowest BCUT2D eigenvalue weighted by molar-refractivity contribution is -0.137. The second kappa shape index (κ2) is 6.79. The zero-order chi connectivity index (χ0) is 18.8. The van der Waals surface area contributed by atoms with Crippen molar-refractivity contribution in [3.8, 4) is 11.3 Å². The van der Waals surface area contributed by atoms with Gasteiger partial charge in [-0.15, -0.1) is 0 Å². The number of pyridine rings is 1. The molecule has 1 atom stereocenters. The van der Waals surface area contributed by atoms with Crippen molar-refractivity contribution >= 4 is 11.9 Å². The van der Waals surface area contributed by atoms with Crippen LogP contribution in [0.25, 0.3) is 11.3 Å². The maximum absolute atomic E-state index is 13.2. The van der Waals surface area contributed by atoms with Crippen molar-refractivity contribution in [3.05, 3.63) is 64.0 Å². The van der Waals surface area contributed by atoms with Gasteiger partial charge < -0.3 is 14.4 Å². The molecule has 26 heavy (non-hydrogen) atoms. The summed E-state index contributed by atoms with van der Waals surface area (Å²) in [6.07, 6.45) is 2.43. The van der Waals surface area contributed by atoms with E-state index in [1.807, 2.05) is 0 Å². The Hall–Kier alpha value is -3.49. The molecule has 2 heterocycles. The van der Waals surface area contributed by atoms with Crippen LogP contribution in [0.3, 0.4) is 0 Å². The van der Waals surface area contributed by atoms with Crippen molar-refractivity contribution in [2.75, 3.05) is 7.11 Å². The molecule has 1 aromatic carbocycles. The summed E-state index contributed by atoms with van der Waals surface area (Å²) >= 11 is 0. The third-order valence-electron chi connectivity index (χ3n) is 3.97. The number of carboxylic acids is 1. The number of aromatic amines is 1. The van der Waals surface area contributed by atoms with E-state index in [2.05, 4.69) is 10.2 Å². The van der Waals surface area contributed by atoms with Gasteiger partial charge in [0.05, 0.1) is 25.1 Å². The highest BCUT2D eigenvalue weighted by Crippen LogP contribution is 2.28. The topological polar surface area (TPSA) is 114 Å². The molecule has 9 heteroatoms. The van der Waals surface area contributed by atoms with Crippen LogP contribution in [-0.2, 0) is 9.53 Å². The fourth-order valence-corrected chi connectivity index (χ4v) is 2.74. The van der Waals surface area contributed by atoms with E-state index in [9.17, 15) is 23.9 Å². The number of nitrogens with one attached hydrogen (secondary N) is 1. The summed E-state index contributed by atoms with van der Waals surface area (Å²) in [6, 6.07) is 4.55. The summed E-state index contributed by atoms with van der Waals surface area (Å²) in [6.45, 7) is 0. The number of hydrogen-bond donors (Lipinski definition) is 2. The van der Waals surface area contributed by atoms with E-state index in [1.54, 1.807) is 0 Å². The SMILES string of the molecule is COC(=O)c1cn([C@@H](CC(=O)O)c2ccc(F)cc2)cc2c(=O)[nH]nc1-2. The fraction of sp³-hybridized carbons (Fsp3) is 0.176. The predicted molar refractivity (Wildman–Crippen MR) is 87.6 cm³/mol. The Morgan fingerprint density at radius 3 is 2.62 bits per heavy atom. The molecule has 1 aromatic rings. The largest absolute Gasteiger partial charge is 0.481 e. The Balaban J connectivity index is 2.21. The molecule has 0 aromatic heterocycles. The lowest BCUT2D eigenvalue weighted by Crippen LogP contribution is -2.19. The number of fused-ring (bicyclic) bond motifs is 1. The Bertz CT molecular complexity index is 992. The number of aliphatic carboxylic acids is 1. The zero-order valence-electron chi connectivity index (χ0n) is 13.6. The molecular weight excluding hydrogens is 345 g/mol. The third-order valence-corrected chi connectivity index (χ3v) is 3.97. The number of H-pyrrole nitrogens is 1. The van der Waals surface area contributed by atoms with Crippen molar-refractivity contribution in [2.24, 2.45) is 0 Å². The lowest BCUT2D eigenvalue weighted by Gasteiger charge is -2.21. The van der Waals surface area contributed by atoms with Crippen LogP contribution in [0, 0.1) is 5.82 Å². The first-order chi connectivity index (χ1) is 12.4. The first-order valence-electron chi connectivity index (χ1n) is 7.56. The van der Waals surface area contributed by atoms with E-state index in [-0.39, 0.29) is 23.2 Å². The van der Waals surface area contributed by atoms with Gasteiger partial charge in [0.25, 0.3) is 5.56 Å². The number of hydrogen-bond acceptors (Lipinski definition) is 5. The Kier molecular flexibility index (Phi) is 4.53. The smallest absolute Gasteiger partial charge is 0.341 e. The van der Waals surface area contributed by atoms with Gasteiger partial charge in [-0.25, -0.2) is 14.3 Å². The van der Waals surface area contributed by atoms with Crippen molar-refractivity contribution in [3.63, 3.8) is 0 Å². The maximum atomic E-state index is 13.2. The molecule has 2 aliphatic rings. The third kappa shape index (κ3) is 3.18. The van der Waals surface area contributed by atoms with Gasteiger partial charge in [0.15, 0.2) is 0 Å². The monoisotopic (exact) mass is 359 g/mol. The van der Waals surface area contributed by atoms with Crippen molar-refractivity contribution in [1.82, 2.24) is 14.8 Å². The average Bonchev–Trinajstić information content (AvgIpc) is 3.00. The molecule has 0 fully saturated rings. The minimum Gasteiger partial charge on any atom is -0.481 e. The number of carbonyl (C=O) groups is 2. The molecule has 3 rings (SSSR count). The van der Waals surface area contributed by atoms with Crippen molar-refractivity contribution in [2.45, 2.75) is 12.5 Å². The minimum atomic E-state index is -1.10. The van der Waals surface area contributed by atoms with Gasteiger partial charge in [0.2, 0.25) is 0 Å². The first-order valence-corrected chi connectivity index (χ1v) is 7.56. The van der Waals surface area contributed by atoms with E-state index < -0.39 is 29.4 Å². The second-order valence-electron chi connectivity index (χ2n) is 5.59.